The van der Waals surface area contributed by atoms with Gasteiger partial charge in [0.15, 0.2) is 5.13 Å². The van der Waals surface area contributed by atoms with E-state index < -0.39 is 5.97 Å². The summed E-state index contributed by atoms with van der Waals surface area (Å²) in [5, 5.41) is 10.2. The zero-order chi connectivity index (χ0) is 21.3. The Kier molecular flexibility index (Phi) is 6.17. The summed E-state index contributed by atoms with van der Waals surface area (Å²) in [5.41, 5.74) is 2.79. The molecule has 1 N–H and O–H groups in total. The van der Waals surface area contributed by atoms with Gasteiger partial charge in [-0.15, -0.1) is 0 Å². The fourth-order valence-corrected chi connectivity index (χ4v) is 5.43. The normalized spacial score (nSPS) is 19.9. The molecule has 0 bridgehead atoms. The number of aryl methyl sites for hydroxylation is 1. The van der Waals surface area contributed by atoms with Crippen LogP contribution >= 0.6 is 23.6 Å². The quantitative estimate of drug-likeness (QED) is 0.435. The lowest BCUT2D eigenvalue weighted by Gasteiger charge is -2.42. The topological polar surface area (TPSA) is 65.9 Å². The molecule has 2 unspecified atom stereocenters. The molecule has 2 heterocycles. The van der Waals surface area contributed by atoms with Crippen molar-refractivity contribution in [2.24, 2.45) is 0 Å². The molecule has 0 spiro atoms. The van der Waals surface area contributed by atoms with Crippen LogP contribution < -0.4 is 9.08 Å². The first-order valence-electron chi connectivity index (χ1n) is 9.95. The van der Waals surface area contributed by atoms with Gasteiger partial charge in [0.2, 0.25) is 0 Å². The molecule has 1 aliphatic heterocycles. The lowest BCUT2D eigenvalue weighted by molar-refractivity contribution is -0.136. The molecular formula is C22H25N3O3S2. The van der Waals surface area contributed by atoms with Crippen molar-refractivity contribution >= 4 is 44.9 Å². The highest BCUT2D eigenvalue weighted by molar-refractivity contribution is 7.92. The van der Waals surface area contributed by atoms with Gasteiger partial charge in [-0.2, -0.15) is 0 Å². The number of nitrogens with zero attached hydrogens (tertiary/aromatic N) is 3. The number of thiazole rings is 1. The number of hydrogen-bond acceptors (Lipinski definition) is 7. The molecule has 1 fully saturated rings. The Morgan fingerprint density at radius 2 is 1.97 bits per heavy atom. The third kappa shape index (κ3) is 4.55. The molecular weight excluding hydrogens is 418 g/mol. The second kappa shape index (κ2) is 8.83. The van der Waals surface area contributed by atoms with Crippen molar-refractivity contribution in [3.05, 3.63) is 53.6 Å². The number of rotatable bonds is 6. The van der Waals surface area contributed by atoms with Crippen molar-refractivity contribution < 1.29 is 14.1 Å². The third-order valence-corrected chi connectivity index (χ3v) is 7.53. The molecule has 158 valence electrons. The maximum atomic E-state index is 11.1. The number of carboxylic acid groups (broad SMARTS) is 1. The zero-order valence-electron chi connectivity index (χ0n) is 17.2. The van der Waals surface area contributed by atoms with E-state index in [1.165, 1.54) is 16.9 Å². The van der Waals surface area contributed by atoms with E-state index in [2.05, 4.69) is 41.3 Å². The molecule has 0 amide bonds. The van der Waals surface area contributed by atoms with E-state index in [-0.39, 0.29) is 18.5 Å². The van der Waals surface area contributed by atoms with Gasteiger partial charge in [0.05, 0.1) is 16.6 Å². The second-order valence-corrected chi connectivity index (χ2v) is 9.49. The number of carboxylic acids is 1. The Morgan fingerprint density at radius 3 is 2.67 bits per heavy atom. The van der Waals surface area contributed by atoms with Crippen molar-refractivity contribution in [3.63, 3.8) is 0 Å². The van der Waals surface area contributed by atoms with E-state index in [0.717, 1.165) is 34.9 Å². The van der Waals surface area contributed by atoms with Gasteiger partial charge in [-0.1, -0.05) is 29.5 Å². The summed E-state index contributed by atoms with van der Waals surface area (Å²) in [5.74, 6) is -0.161. The number of para-hydroxylation sites is 1. The van der Waals surface area contributed by atoms with E-state index in [1.54, 1.807) is 11.3 Å². The van der Waals surface area contributed by atoms with E-state index in [9.17, 15) is 4.79 Å². The highest BCUT2D eigenvalue weighted by Crippen LogP contribution is 2.33. The number of anilines is 1. The monoisotopic (exact) mass is 443 g/mol. The lowest BCUT2D eigenvalue weighted by atomic mass is 10.1. The van der Waals surface area contributed by atoms with E-state index >= 15 is 0 Å². The summed E-state index contributed by atoms with van der Waals surface area (Å²) >= 11 is 3.08. The Morgan fingerprint density at radius 1 is 1.23 bits per heavy atom. The van der Waals surface area contributed by atoms with Crippen LogP contribution in [0.2, 0.25) is 0 Å². The van der Waals surface area contributed by atoms with Crippen molar-refractivity contribution in [2.75, 3.05) is 18.0 Å². The fourth-order valence-electron chi connectivity index (χ4n) is 3.75. The Hall–Kier alpha value is -2.29. The van der Waals surface area contributed by atoms with Crippen molar-refractivity contribution in [1.29, 1.82) is 0 Å². The van der Waals surface area contributed by atoms with Gasteiger partial charge in [-0.05, 0) is 56.2 Å². The average Bonchev–Trinajstić information content (AvgIpc) is 3.13. The average molecular weight is 444 g/mol. The van der Waals surface area contributed by atoms with Crippen LogP contribution in [0.25, 0.3) is 10.2 Å². The second-order valence-electron chi connectivity index (χ2n) is 7.74. The number of fused-ring (bicyclic) bond motifs is 1. The summed E-state index contributed by atoms with van der Waals surface area (Å²) in [6.07, 6.45) is 0.00134. The van der Waals surface area contributed by atoms with Crippen molar-refractivity contribution in [3.8, 4) is 5.75 Å². The summed E-state index contributed by atoms with van der Waals surface area (Å²) in [7, 11) is 0. The number of aliphatic carboxylic acids is 1. The molecule has 1 aliphatic rings. The van der Waals surface area contributed by atoms with Gasteiger partial charge in [-0.3, -0.25) is 4.79 Å². The maximum absolute atomic E-state index is 11.1. The Labute approximate surface area is 184 Å². The van der Waals surface area contributed by atoms with Gasteiger partial charge in [0, 0.05) is 25.2 Å². The number of carbonyl (C=O) groups is 1. The molecule has 0 radical (unpaired) electrons. The molecule has 30 heavy (non-hydrogen) atoms. The SMILES string of the molecule is Cc1ccc(OSN2C(C)CN(c3nc4ccccc4s3)CC2C)cc1CC(=O)O. The highest BCUT2D eigenvalue weighted by Gasteiger charge is 2.32. The number of aromatic nitrogens is 1. The molecule has 0 aliphatic carbocycles. The van der Waals surface area contributed by atoms with Gasteiger partial charge < -0.3 is 14.2 Å². The molecule has 1 aromatic heterocycles. The summed E-state index contributed by atoms with van der Waals surface area (Å²) in [6, 6.07) is 14.4. The van der Waals surface area contributed by atoms with Crippen LogP contribution in [0.1, 0.15) is 25.0 Å². The van der Waals surface area contributed by atoms with Gasteiger partial charge in [-0.25, -0.2) is 9.29 Å². The molecule has 2 aromatic carbocycles. The molecule has 2 atom stereocenters. The summed E-state index contributed by atoms with van der Waals surface area (Å²) in [4.78, 5) is 18.2. The van der Waals surface area contributed by atoms with Crippen LogP contribution in [0.3, 0.4) is 0 Å². The molecule has 1 saturated heterocycles. The molecule has 6 nitrogen and oxygen atoms in total. The Balaban J connectivity index is 1.41. The maximum Gasteiger partial charge on any atom is 0.307 e. The van der Waals surface area contributed by atoms with E-state index in [1.807, 2.05) is 31.2 Å². The molecule has 3 aromatic rings. The fraction of sp³-hybridized carbons (Fsp3) is 0.364. The number of hydrogen-bond donors (Lipinski definition) is 1. The van der Waals surface area contributed by atoms with Crippen LogP contribution in [0.15, 0.2) is 42.5 Å². The zero-order valence-corrected chi connectivity index (χ0v) is 18.9. The van der Waals surface area contributed by atoms with Crippen LogP contribution in [-0.2, 0) is 11.2 Å². The minimum atomic E-state index is -0.837. The molecule has 0 saturated carbocycles. The lowest BCUT2D eigenvalue weighted by Crippen LogP contribution is -2.54. The standard InChI is InChI=1S/C22H25N3O3S2/c1-14-8-9-18(10-17(14)11-21(26)27)28-30-25-15(2)12-24(13-16(25)3)22-23-19-6-4-5-7-20(19)29-22/h4-10,15-16H,11-13H2,1-3H3,(H,26,27). The third-order valence-electron chi connectivity index (χ3n) is 5.27. The van der Waals surface area contributed by atoms with Crippen molar-refractivity contribution in [1.82, 2.24) is 9.29 Å². The van der Waals surface area contributed by atoms with Crippen LogP contribution in [-0.4, -0.2) is 45.5 Å². The minimum Gasteiger partial charge on any atom is -0.481 e. The first-order chi connectivity index (χ1) is 14.4. The van der Waals surface area contributed by atoms with Gasteiger partial charge >= 0.3 is 5.97 Å². The summed E-state index contributed by atoms with van der Waals surface area (Å²) < 4.78 is 9.45. The van der Waals surface area contributed by atoms with Crippen molar-refractivity contribution in [2.45, 2.75) is 39.3 Å². The predicted octanol–water partition coefficient (Wildman–Crippen LogP) is 4.77. The van der Waals surface area contributed by atoms with Gasteiger partial charge in [0.1, 0.15) is 18.0 Å². The highest BCUT2D eigenvalue weighted by atomic mass is 32.2. The van der Waals surface area contributed by atoms with E-state index in [0.29, 0.717) is 5.75 Å². The summed E-state index contributed by atoms with van der Waals surface area (Å²) in [6.45, 7) is 8.05. The number of piperazine rings is 1. The first-order valence-corrected chi connectivity index (χ1v) is 11.5. The van der Waals surface area contributed by atoms with Crippen LogP contribution in [0.4, 0.5) is 5.13 Å². The smallest absolute Gasteiger partial charge is 0.307 e. The van der Waals surface area contributed by atoms with E-state index in [4.69, 9.17) is 14.3 Å². The van der Waals surface area contributed by atoms with Crippen LogP contribution in [0, 0.1) is 6.92 Å². The largest absolute Gasteiger partial charge is 0.481 e. The molecule has 4 rings (SSSR count). The number of benzene rings is 2. The predicted molar refractivity (Wildman–Crippen MR) is 123 cm³/mol. The van der Waals surface area contributed by atoms with Gasteiger partial charge in [0.25, 0.3) is 0 Å². The first kappa shape index (κ1) is 21.0. The molecule has 8 heteroatoms. The van der Waals surface area contributed by atoms with Crippen LogP contribution in [0.5, 0.6) is 5.75 Å². The minimum absolute atomic E-state index is 0.00134. The Bertz CT molecular complexity index is 1010.